The quantitative estimate of drug-likeness (QED) is 0.682. The fourth-order valence-corrected chi connectivity index (χ4v) is 4.37. The maximum Gasteiger partial charge on any atom is 0.251 e. The van der Waals surface area contributed by atoms with Crippen LogP contribution in [-0.4, -0.2) is 36.0 Å². The number of carbonyl (C=O) groups excluding carboxylic acids is 2. The van der Waals surface area contributed by atoms with E-state index in [1.165, 1.54) is 12.8 Å². The van der Waals surface area contributed by atoms with Crippen LogP contribution in [0.25, 0.3) is 0 Å². The van der Waals surface area contributed by atoms with E-state index in [1.807, 2.05) is 48.5 Å². The molecule has 5 nitrogen and oxygen atoms in total. The summed E-state index contributed by atoms with van der Waals surface area (Å²) in [5.74, 6) is -0.318. The predicted molar refractivity (Wildman–Crippen MR) is 116 cm³/mol. The van der Waals surface area contributed by atoms with E-state index in [2.05, 4.69) is 16.0 Å². The van der Waals surface area contributed by atoms with Gasteiger partial charge in [-0.1, -0.05) is 48.5 Å². The Morgan fingerprint density at radius 2 is 1.52 bits per heavy atom. The Kier molecular flexibility index (Phi) is 7.29. The van der Waals surface area contributed by atoms with Gasteiger partial charge < -0.3 is 16.0 Å². The lowest BCUT2D eigenvalue weighted by Gasteiger charge is -2.31. The van der Waals surface area contributed by atoms with Crippen LogP contribution in [0.1, 0.15) is 41.6 Å². The van der Waals surface area contributed by atoms with Crippen molar-refractivity contribution in [1.82, 2.24) is 16.0 Å². The zero-order chi connectivity index (χ0) is 19.3. The van der Waals surface area contributed by atoms with E-state index in [9.17, 15) is 9.59 Å². The van der Waals surface area contributed by atoms with Crippen LogP contribution in [0.4, 0.5) is 0 Å². The molecule has 2 fully saturated rings. The largest absolute Gasteiger partial charge is 0.351 e. The number of hydrogen-bond donors (Lipinski definition) is 3. The van der Waals surface area contributed by atoms with Crippen LogP contribution in [0.5, 0.6) is 0 Å². The Morgan fingerprint density at radius 1 is 0.931 bits per heavy atom. The lowest BCUT2D eigenvalue weighted by Crippen LogP contribution is -2.54. The molecule has 154 valence electrons. The van der Waals surface area contributed by atoms with E-state index >= 15 is 0 Å². The second-order valence-corrected chi connectivity index (χ2v) is 7.90. The number of piperidine rings is 1. The zero-order valence-corrected chi connectivity index (χ0v) is 17.2. The molecule has 2 heterocycles. The van der Waals surface area contributed by atoms with Gasteiger partial charge in [-0.3, -0.25) is 9.59 Å². The first-order chi connectivity index (χ1) is 13.7. The fourth-order valence-electron chi connectivity index (χ4n) is 4.37. The molecule has 4 rings (SSSR count). The van der Waals surface area contributed by atoms with Crippen molar-refractivity contribution in [3.63, 3.8) is 0 Å². The monoisotopic (exact) mass is 413 g/mol. The molecule has 2 bridgehead atoms. The Balaban J connectivity index is 0.00000240. The van der Waals surface area contributed by atoms with Gasteiger partial charge in [-0.2, -0.15) is 0 Å². The van der Waals surface area contributed by atoms with Gasteiger partial charge in [-0.15, -0.1) is 12.4 Å². The van der Waals surface area contributed by atoms with Crippen molar-refractivity contribution >= 4 is 24.2 Å². The average Bonchev–Trinajstić information content (AvgIpc) is 3.07. The van der Waals surface area contributed by atoms with Gasteiger partial charge in [-0.25, -0.2) is 0 Å². The molecule has 3 N–H and O–H groups in total. The van der Waals surface area contributed by atoms with Crippen LogP contribution in [0.2, 0.25) is 0 Å². The molecule has 0 radical (unpaired) electrons. The Hall–Kier alpha value is -2.37. The van der Waals surface area contributed by atoms with Crippen LogP contribution >= 0.6 is 12.4 Å². The molecule has 2 aromatic carbocycles. The van der Waals surface area contributed by atoms with E-state index in [4.69, 9.17) is 0 Å². The third kappa shape index (κ3) is 5.58. The van der Waals surface area contributed by atoms with Crippen molar-refractivity contribution in [2.45, 2.75) is 56.3 Å². The van der Waals surface area contributed by atoms with Crippen LogP contribution in [0, 0.1) is 0 Å². The van der Waals surface area contributed by atoms with Gasteiger partial charge in [0.25, 0.3) is 5.91 Å². The summed E-state index contributed by atoms with van der Waals surface area (Å²) in [4.78, 5) is 25.7. The molecule has 2 aliphatic heterocycles. The summed E-state index contributed by atoms with van der Waals surface area (Å²) in [6, 6.07) is 19.5. The normalized spacial score (nSPS) is 23.5. The number of amides is 2. The summed E-state index contributed by atoms with van der Waals surface area (Å²) in [5.41, 5.74) is 1.59. The first kappa shape index (κ1) is 21.3. The van der Waals surface area contributed by atoms with Gasteiger partial charge in [0.2, 0.25) is 5.91 Å². The Morgan fingerprint density at radius 3 is 2.14 bits per heavy atom. The number of halogens is 1. The smallest absolute Gasteiger partial charge is 0.251 e. The predicted octanol–water partition coefficient (Wildman–Crippen LogP) is 2.85. The topological polar surface area (TPSA) is 70.2 Å². The molecule has 29 heavy (non-hydrogen) atoms. The molecule has 2 aromatic rings. The van der Waals surface area contributed by atoms with E-state index in [1.54, 1.807) is 12.1 Å². The second kappa shape index (κ2) is 9.90. The second-order valence-electron chi connectivity index (χ2n) is 7.90. The molecule has 0 aromatic heterocycles. The average molecular weight is 414 g/mol. The zero-order valence-electron chi connectivity index (χ0n) is 16.3. The summed E-state index contributed by atoms with van der Waals surface area (Å²) in [5, 5.41) is 9.74. The molecule has 3 unspecified atom stereocenters. The van der Waals surface area contributed by atoms with Crippen molar-refractivity contribution in [3.05, 3.63) is 71.8 Å². The molecule has 6 heteroatoms. The van der Waals surface area contributed by atoms with Gasteiger partial charge in [0.05, 0.1) is 0 Å². The summed E-state index contributed by atoms with van der Waals surface area (Å²) in [6.07, 6.45) is 4.79. The minimum absolute atomic E-state index is 0. The van der Waals surface area contributed by atoms with Crippen LogP contribution in [-0.2, 0) is 11.2 Å². The maximum atomic E-state index is 13.1. The van der Waals surface area contributed by atoms with E-state index in [-0.39, 0.29) is 30.3 Å². The highest BCUT2D eigenvalue weighted by Crippen LogP contribution is 2.26. The Bertz CT molecular complexity index is 803. The van der Waals surface area contributed by atoms with Crippen LogP contribution in [0.15, 0.2) is 60.7 Å². The third-order valence-electron chi connectivity index (χ3n) is 5.76. The molecule has 0 saturated carbocycles. The van der Waals surface area contributed by atoms with Crippen LogP contribution < -0.4 is 16.0 Å². The maximum absolute atomic E-state index is 13.1. The highest BCUT2D eigenvalue weighted by molar-refractivity contribution is 5.97. The number of fused-ring (bicyclic) bond motifs is 2. The number of benzene rings is 2. The SMILES string of the molecule is Cl.O=C(NC(Cc1ccccc1)C(=O)NC1CC2CCC(C1)N2)c1ccccc1. The Labute approximate surface area is 178 Å². The third-order valence-corrected chi connectivity index (χ3v) is 5.76. The molecular weight excluding hydrogens is 386 g/mol. The molecular formula is C23H28ClN3O2. The first-order valence-electron chi connectivity index (χ1n) is 10.1. The van der Waals surface area contributed by atoms with Crippen molar-refractivity contribution in [2.24, 2.45) is 0 Å². The number of rotatable bonds is 6. The number of nitrogens with one attached hydrogen (secondary N) is 3. The lowest BCUT2D eigenvalue weighted by molar-refractivity contribution is -0.123. The van der Waals surface area contributed by atoms with Gasteiger partial charge in [0.1, 0.15) is 6.04 Å². The van der Waals surface area contributed by atoms with Crippen molar-refractivity contribution in [3.8, 4) is 0 Å². The number of hydrogen-bond acceptors (Lipinski definition) is 3. The van der Waals surface area contributed by atoms with Gasteiger partial charge in [0, 0.05) is 30.1 Å². The minimum Gasteiger partial charge on any atom is -0.351 e. The first-order valence-corrected chi connectivity index (χ1v) is 10.1. The standard InChI is InChI=1S/C23H27N3O2.ClH/c27-22(17-9-5-2-6-10-17)26-21(13-16-7-3-1-4-8-16)23(28)25-20-14-18-11-12-19(15-20)24-18;/h1-10,18-21,24H,11-15H2,(H,25,28)(H,26,27);1H. The summed E-state index contributed by atoms with van der Waals surface area (Å²) in [6.45, 7) is 0. The van der Waals surface area contributed by atoms with Crippen molar-refractivity contribution in [1.29, 1.82) is 0 Å². The van der Waals surface area contributed by atoms with Crippen molar-refractivity contribution < 1.29 is 9.59 Å². The molecule has 2 aliphatic rings. The van der Waals surface area contributed by atoms with E-state index < -0.39 is 6.04 Å². The molecule has 2 amide bonds. The van der Waals surface area contributed by atoms with Gasteiger partial charge >= 0.3 is 0 Å². The van der Waals surface area contributed by atoms with E-state index in [0.29, 0.717) is 24.1 Å². The molecule has 0 spiro atoms. The number of carbonyl (C=O) groups is 2. The summed E-state index contributed by atoms with van der Waals surface area (Å²) >= 11 is 0. The highest BCUT2D eigenvalue weighted by Gasteiger charge is 2.35. The molecule has 0 aliphatic carbocycles. The van der Waals surface area contributed by atoms with E-state index in [0.717, 1.165) is 18.4 Å². The summed E-state index contributed by atoms with van der Waals surface area (Å²) < 4.78 is 0. The molecule has 2 saturated heterocycles. The fraction of sp³-hybridized carbons (Fsp3) is 0.391. The van der Waals surface area contributed by atoms with Gasteiger partial charge in [-0.05, 0) is 43.4 Å². The van der Waals surface area contributed by atoms with Crippen LogP contribution in [0.3, 0.4) is 0 Å². The van der Waals surface area contributed by atoms with Gasteiger partial charge in [0.15, 0.2) is 0 Å². The molecule has 3 atom stereocenters. The van der Waals surface area contributed by atoms with Crippen molar-refractivity contribution in [2.75, 3.05) is 0 Å². The highest BCUT2D eigenvalue weighted by atomic mass is 35.5. The minimum atomic E-state index is -0.595. The summed E-state index contributed by atoms with van der Waals surface area (Å²) in [7, 11) is 0. The lowest BCUT2D eigenvalue weighted by atomic mass is 9.98.